The molecule has 0 aromatic rings. The van der Waals surface area contributed by atoms with E-state index >= 15 is 0 Å². The number of likely N-dealkylation sites (N-methyl/N-ethyl adjacent to an activating group) is 1. The lowest BCUT2D eigenvalue weighted by Crippen LogP contribution is -2.32. The Morgan fingerprint density at radius 3 is 3.00 bits per heavy atom. The first-order valence-electron chi connectivity index (χ1n) is 5.35. The van der Waals surface area contributed by atoms with Crippen LogP contribution in [0.3, 0.4) is 0 Å². The Kier molecular flexibility index (Phi) is 5.15. The van der Waals surface area contributed by atoms with Gasteiger partial charge < -0.3 is 15.4 Å². The Hall–Kier alpha value is -0.380. The van der Waals surface area contributed by atoms with Gasteiger partial charge in [-0.15, -0.1) is 0 Å². The van der Waals surface area contributed by atoms with Crippen LogP contribution in [0.15, 0.2) is 12.2 Å². The molecular formula is C11H22N2O. The van der Waals surface area contributed by atoms with Crippen molar-refractivity contribution in [2.45, 2.75) is 12.8 Å². The summed E-state index contributed by atoms with van der Waals surface area (Å²) in [5, 5.41) is 0. The van der Waals surface area contributed by atoms with Crippen LogP contribution >= 0.6 is 0 Å². The maximum absolute atomic E-state index is 5.50. The van der Waals surface area contributed by atoms with Crippen molar-refractivity contribution in [2.75, 3.05) is 39.9 Å². The fraction of sp³-hybridized carbons (Fsp3) is 0.818. The topological polar surface area (TPSA) is 38.5 Å². The summed E-state index contributed by atoms with van der Waals surface area (Å²) in [6.07, 6.45) is 2.50. The molecule has 1 fully saturated rings. The molecule has 0 radical (unpaired) electrons. The predicted octanol–water partition coefficient (Wildman–Crippen LogP) is 0.860. The molecule has 2 N–H and O–H groups in total. The van der Waals surface area contributed by atoms with Crippen LogP contribution in [0.4, 0.5) is 0 Å². The standard InChI is InChI=1S/C11H22N2O/c1-10(6-12)7-13(2)8-11-4-3-5-14-9-11/h11H,1,3-9,12H2,2H3. The second-order valence-electron chi connectivity index (χ2n) is 4.23. The summed E-state index contributed by atoms with van der Waals surface area (Å²) in [4.78, 5) is 2.29. The van der Waals surface area contributed by atoms with Gasteiger partial charge in [-0.05, 0) is 31.4 Å². The molecule has 1 aliphatic heterocycles. The molecule has 1 atom stereocenters. The largest absolute Gasteiger partial charge is 0.381 e. The lowest BCUT2D eigenvalue weighted by molar-refractivity contribution is 0.0431. The smallest absolute Gasteiger partial charge is 0.0506 e. The number of hydrogen-bond acceptors (Lipinski definition) is 3. The quantitative estimate of drug-likeness (QED) is 0.666. The van der Waals surface area contributed by atoms with Gasteiger partial charge in [0.1, 0.15) is 0 Å². The SMILES string of the molecule is C=C(CN)CN(C)CC1CCCOC1. The Morgan fingerprint density at radius 2 is 2.43 bits per heavy atom. The Bertz CT molecular complexity index is 176. The molecule has 1 saturated heterocycles. The molecule has 3 nitrogen and oxygen atoms in total. The van der Waals surface area contributed by atoms with E-state index in [1.54, 1.807) is 0 Å². The van der Waals surface area contributed by atoms with Crippen molar-refractivity contribution < 1.29 is 4.74 Å². The van der Waals surface area contributed by atoms with E-state index in [1.165, 1.54) is 12.8 Å². The molecule has 3 heteroatoms. The molecule has 0 aromatic heterocycles. The summed E-state index contributed by atoms with van der Waals surface area (Å²) in [5.41, 5.74) is 6.60. The van der Waals surface area contributed by atoms with Crippen LogP contribution in [0, 0.1) is 5.92 Å². The van der Waals surface area contributed by atoms with Gasteiger partial charge in [0, 0.05) is 26.2 Å². The highest BCUT2D eigenvalue weighted by atomic mass is 16.5. The lowest BCUT2D eigenvalue weighted by atomic mass is 10.0. The molecular weight excluding hydrogens is 176 g/mol. The minimum Gasteiger partial charge on any atom is -0.381 e. The average molecular weight is 198 g/mol. The summed E-state index contributed by atoms with van der Waals surface area (Å²) in [7, 11) is 2.12. The highest BCUT2D eigenvalue weighted by Crippen LogP contribution is 2.14. The van der Waals surface area contributed by atoms with Crippen LogP contribution in [0.2, 0.25) is 0 Å². The number of hydrogen-bond donors (Lipinski definition) is 1. The average Bonchev–Trinajstić information content (AvgIpc) is 2.19. The minimum atomic E-state index is 0.589. The van der Waals surface area contributed by atoms with E-state index in [0.717, 1.165) is 31.9 Å². The van der Waals surface area contributed by atoms with Gasteiger partial charge in [0.05, 0.1) is 6.61 Å². The van der Waals surface area contributed by atoms with Crippen molar-refractivity contribution in [3.05, 3.63) is 12.2 Å². The number of nitrogens with zero attached hydrogens (tertiary/aromatic N) is 1. The summed E-state index contributed by atoms with van der Waals surface area (Å²) in [5.74, 6) is 0.694. The normalized spacial score (nSPS) is 22.6. The van der Waals surface area contributed by atoms with Crippen molar-refractivity contribution in [2.24, 2.45) is 11.7 Å². The predicted molar refractivity (Wildman–Crippen MR) is 59.2 cm³/mol. The van der Waals surface area contributed by atoms with Gasteiger partial charge in [0.15, 0.2) is 0 Å². The van der Waals surface area contributed by atoms with E-state index < -0.39 is 0 Å². The fourth-order valence-electron chi connectivity index (χ4n) is 1.90. The molecule has 1 unspecified atom stereocenters. The maximum atomic E-state index is 5.50. The van der Waals surface area contributed by atoms with Crippen LogP contribution in [-0.4, -0.2) is 44.8 Å². The number of nitrogens with two attached hydrogens (primary N) is 1. The molecule has 0 saturated carbocycles. The van der Waals surface area contributed by atoms with Gasteiger partial charge in [0.25, 0.3) is 0 Å². The van der Waals surface area contributed by atoms with E-state index in [9.17, 15) is 0 Å². The van der Waals surface area contributed by atoms with Crippen LogP contribution in [0.1, 0.15) is 12.8 Å². The number of rotatable bonds is 5. The summed E-state index contributed by atoms with van der Waals surface area (Å²) in [6, 6.07) is 0. The van der Waals surface area contributed by atoms with Crippen LogP contribution in [0.5, 0.6) is 0 Å². The first kappa shape index (κ1) is 11.7. The van der Waals surface area contributed by atoms with E-state index in [-0.39, 0.29) is 0 Å². The molecule has 1 aliphatic rings. The summed E-state index contributed by atoms with van der Waals surface area (Å²) < 4.78 is 5.44. The molecule has 1 rings (SSSR count). The third kappa shape index (κ3) is 4.22. The van der Waals surface area contributed by atoms with Gasteiger partial charge in [-0.3, -0.25) is 0 Å². The van der Waals surface area contributed by atoms with Gasteiger partial charge in [-0.1, -0.05) is 6.58 Å². The first-order chi connectivity index (χ1) is 6.72. The third-order valence-corrected chi connectivity index (χ3v) is 2.61. The Labute approximate surface area is 86.9 Å². The van der Waals surface area contributed by atoms with E-state index in [1.807, 2.05) is 0 Å². The highest BCUT2D eigenvalue weighted by Gasteiger charge is 2.15. The molecule has 0 aromatic carbocycles. The third-order valence-electron chi connectivity index (χ3n) is 2.61. The molecule has 1 heterocycles. The van der Waals surface area contributed by atoms with Crippen molar-refractivity contribution in [1.29, 1.82) is 0 Å². The van der Waals surface area contributed by atoms with Gasteiger partial charge in [0.2, 0.25) is 0 Å². The monoisotopic (exact) mass is 198 g/mol. The first-order valence-corrected chi connectivity index (χ1v) is 5.35. The zero-order valence-electron chi connectivity index (χ0n) is 9.17. The maximum Gasteiger partial charge on any atom is 0.0506 e. The van der Waals surface area contributed by atoms with E-state index in [0.29, 0.717) is 12.5 Å². The van der Waals surface area contributed by atoms with Crippen LogP contribution in [0.25, 0.3) is 0 Å². The second-order valence-corrected chi connectivity index (χ2v) is 4.23. The molecule has 0 bridgehead atoms. The lowest BCUT2D eigenvalue weighted by Gasteiger charge is -2.27. The Balaban J connectivity index is 2.18. The molecule has 0 spiro atoms. The van der Waals surface area contributed by atoms with Crippen LogP contribution in [-0.2, 0) is 4.74 Å². The molecule has 82 valence electrons. The van der Waals surface area contributed by atoms with Gasteiger partial charge >= 0.3 is 0 Å². The van der Waals surface area contributed by atoms with Gasteiger partial charge in [-0.2, -0.15) is 0 Å². The molecule has 14 heavy (non-hydrogen) atoms. The fourth-order valence-corrected chi connectivity index (χ4v) is 1.90. The Morgan fingerprint density at radius 1 is 1.64 bits per heavy atom. The zero-order valence-corrected chi connectivity index (χ0v) is 9.17. The van der Waals surface area contributed by atoms with Crippen molar-refractivity contribution in [1.82, 2.24) is 4.90 Å². The van der Waals surface area contributed by atoms with Crippen molar-refractivity contribution in [3.63, 3.8) is 0 Å². The van der Waals surface area contributed by atoms with Crippen molar-refractivity contribution >= 4 is 0 Å². The van der Waals surface area contributed by atoms with E-state index in [4.69, 9.17) is 10.5 Å². The van der Waals surface area contributed by atoms with Crippen LogP contribution < -0.4 is 5.73 Å². The van der Waals surface area contributed by atoms with Gasteiger partial charge in [-0.25, -0.2) is 0 Å². The number of ether oxygens (including phenoxy) is 1. The highest BCUT2D eigenvalue weighted by molar-refractivity contribution is 4.98. The minimum absolute atomic E-state index is 0.589. The van der Waals surface area contributed by atoms with Crippen molar-refractivity contribution in [3.8, 4) is 0 Å². The molecule has 0 amide bonds. The summed E-state index contributed by atoms with van der Waals surface area (Å²) in [6.45, 7) is 8.36. The zero-order chi connectivity index (χ0) is 10.4. The molecule has 0 aliphatic carbocycles. The second kappa shape index (κ2) is 6.17. The summed E-state index contributed by atoms with van der Waals surface area (Å²) >= 11 is 0. The van der Waals surface area contributed by atoms with E-state index in [2.05, 4.69) is 18.5 Å².